The van der Waals surface area contributed by atoms with Crippen molar-refractivity contribution >= 4 is 5.91 Å². The number of likely N-dealkylation sites (N-methyl/N-ethyl adjacent to an activating group) is 1. The van der Waals surface area contributed by atoms with Crippen LogP contribution in [-0.2, 0) is 4.79 Å². The molecule has 1 amide bonds. The standard InChI is InChI=1S/C11H23N3O/c1-4-5-14-8-9(2)7-13(3)11(15)10(14)6-12/h9-10H,4-8,12H2,1-3H3. The van der Waals surface area contributed by atoms with E-state index >= 15 is 0 Å². The number of nitrogens with zero attached hydrogens (tertiary/aromatic N) is 2. The van der Waals surface area contributed by atoms with E-state index in [0.29, 0.717) is 12.5 Å². The molecule has 0 spiro atoms. The molecule has 4 heteroatoms. The van der Waals surface area contributed by atoms with E-state index in [9.17, 15) is 4.79 Å². The first-order valence-corrected chi connectivity index (χ1v) is 5.79. The molecule has 0 radical (unpaired) electrons. The number of nitrogens with two attached hydrogens (primary N) is 1. The Morgan fingerprint density at radius 3 is 2.67 bits per heavy atom. The molecule has 2 unspecified atom stereocenters. The third-order valence-corrected chi connectivity index (χ3v) is 2.97. The summed E-state index contributed by atoms with van der Waals surface area (Å²) in [5, 5.41) is 0. The van der Waals surface area contributed by atoms with Crippen molar-refractivity contribution in [2.75, 3.05) is 33.2 Å². The van der Waals surface area contributed by atoms with Crippen LogP contribution in [-0.4, -0.2) is 55.0 Å². The molecule has 88 valence electrons. The highest BCUT2D eigenvalue weighted by molar-refractivity contribution is 5.82. The van der Waals surface area contributed by atoms with E-state index in [2.05, 4.69) is 18.7 Å². The van der Waals surface area contributed by atoms with Gasteiger partial charge in [0.25, 0.3) is 0 Å². The zero-order chi connectivity index (χ0) is 11.4. The van der Waals surface area contributed by atoms with E-state index in [4.69, 9.17) is 5.73 Å². The average molecular weight is 213 g/mol. The molecule has 1 fully saturated rings. The fourth-order valence-corrected chi connectivity index (χ4v) is 2.34. The first-order chi connectivity index (χ1) is 7.10. The normalized spacial score (nSPS) is 29.3. The first kappa shape index (κ1) is 12.5. The van der Waals surface area contributed by atoms with E-state index in [0.717, 1.165) is 26.1 Å². The van der Waals surface area contributed by atoms with E-state index in [1.54, 1.807) is 0 Å². The fourth-order valence-electron chi connectivity index (χ4n) is 2.34. The minimum atomic E-state index is -0.111. The van der Waals surface area contributed by atoms with Crippen molar-refractivity contribution in [3.63, 3.8) is 0 Å². The average Bonchev–Trinajstić information content (AvgIpc) is 2.26. The van der Waals surface area contributed by atoms with Crippen molar-refractivity contribution < 1.29 is 4.79 Å². The number of rotatable bonds is 3. The zero-order valence-electron chi connectivity index (χ0n) is 10.1. The second-order valence-electron chi connectivity index (χ2n) is 4.57. The molecule has 1 heterocycles. The van der Waals surface area contributed by atoms with Crippen LogP contribution in [0.25, 0.3) is 0 Å². The zero-order valence-corrected chi connectivity index (χ0v) is 10.1. The number of hydrogen-bond donors (Lipinski definition) is 1. The molecular formula is C11H23N3O. The van der Waals surface area contributed by atoms with E-state index < -0.39 is 0 Å². The van der Waals surface area contributed by atoms with Gasteiger partial charge in [0.1, 0.15) is 6.04 Å². The first-order valence-electron chi connectivity index (χ1n) is 5.79. The summed E-state index contributed by atoms with van der Waals surface area (Å²) >= 11 is 0. The van der Waals surface area contributed by atoms with Gasteiger partial charge in [-0.1, -0.05) is 13.8 Å². The van der Waals surface area contributed by atoms with Crippen LogP contribution in [0.4, 0.5) is 0 Å². The Morgan fingerprint density at radius 1 is 1.47 bits per heavy atom. The SMILES string of the molecule is CCCN1CC(C)CN(C)C(=O)C1CN. The maximum atomic E-state index is 12.0. The third kappa shape index (κ3) is 2.92. The summed E-state index contributed by atoms with van der Waals surface area (Å²) in [6.45, 7) is 7.53. The molecular weight excluding hydrogens is 190 g/mol. The Morgan fingerprint density at radius 2 is 2.13 bits per heavy atom. The molecule has 0 bridgehead atoms. The summed E-state index contributed by atoms with van der Waals surface area (Å²) in [5.41, 5.74) is 5.70. The maximum absolute atomic E-state index is 12.0. The van der Waals surface area contributed by atoms with Crippen LogP contribution in [0.1, 0.15) is 20.3 Å². The second-order valence-corrected chi connectivity index (χ2v) is 4.57. The summed E-state index contributed by atoms with van der Waals surface area (Å²) in [4.78, 5) is 16.1. The number of amides is 1. The van der Waals surface area contributed by atoms with Crippen molar-refractivity contribution in [3.05, 3.63) is 0 Å². The van der Waals surface area contributed by atoms with E-state index in [1.807, 2.05) is 11.9 Å². The molecule has 0 saturated carbocycles. The molecule has 0 aliphatic carbocycles. The molecule has 4 nitrogen and oxygen atoms in total. The summed E-state index contributed by atoms with van der Waals surface area (Å²) in [6, 6.07) is -0.111. The molecule has 15 heavy (non-hydrogen) atoms. The van der Waals surface area contributed by atoms with Gasteiger partial charge in [0.15, 0.2) is 0 Å². The number of hydrogen-bond acceptors (Lipinski definition) is 3. The lowest BCUT2D eigenvalue weighted by Gasteiger charge is -2.28. The number of carbonyl (C=O) groups is 1. The predicted molar refractivity (Wildman–Crippen MR) is 61.5 cm³/mol. The molecule has 1 aliphatic heterocycles. The van der Waals surface area contributed by atoms with Crippen molar-refractivity contribution in [3.8, 4) is 0 Å². The maximum Gasteiger partial charge on any atom is 0.240 e. The lowest BCUT2D eigenvalue weighted by Crippen LogP contribution is -2.49. The smallest absolute Gasteiger partial charge is 0.240 e. The topological polar surface area (TPSA) is 49.6 Å². The predicted octanol–water partition coefficient (Wildman–Crippen LogP) is 0.134. The minimum Gasteiger partial charge on any atom is -0.344 e. The largest absolute Gasteiger partial charge is 0.344 e. The lowest BCUT2D eigenvalue weighted by atomic mass is 10.1. The van der Waals surface area contributed by atoms with Gasteiger partial charge in [-0.15, -0.1) is 0 Å². The Balaban J connectivity index is 2.79. The van der Waals surface area contributed by atoms with Gasteiger partial charge in [0, 0.05) is 26.7 Å². The molecule has 0 aromatic carbocycles. The van der Waals surface area contributed by atoms with Crippen LogP contribution in [0.5, 0.6) is 0 Å². The quantitative estimate of drug-likeness (QED) is 0.725. The van der Waals surface area contributed by atoms with Gasteiger partial charge < -0.3 is 10.6 Å². The summed E-state index contributed by atoms with van der Waals surface area (Å²) < 4.78 is 0. The van der Waals surface area contributed by atoms with Gasteiger partial charge in [0.2, 0.25) is 5.91 Å². The van der Waals surface area contributed by atoms with Gasteiger partial charge in [-0.2, -0.15) is 0 Å². The fraction of sp³-hybridized carbons (Fsp3) is 0.909. The summed E-state index contributed by atoms with van der Waals surface area (Å²) in [7, 11) is 1.87. The monoisotopic (exact) mass is 213 g/mol. The van der Waals surface area contributed by atoms with Crippen molar-refractivity contribution in [2.24, 2.45) is 11.7 Å². The molecule has 0 aromatic heterocycles. The van der Waals surface area contributed by atoms with Crippen molar-refractivity contribution in [2.45, 2.75) is 26.3 Å². The van der Waals surface area contributed by atoms with Gasteiger partial charge >= 0.3 is 0 Å². The van der Waals surface area contributed by atoms with Crippen LogP contribution in [0.3, 0.4) is 0 Å². The second kappa shape index (κ2) is 5.47. The van der Waals surface area contributed by atoms with Crippen LogP contribution in [0, 0.1) is 5.92 Å². The van der Waals surface area contributed by atoms with Gasteiger partial charge in [-0.25, -0.2) is 0 Å². The third-order valence-electron chi connectivity index (χ3n) is 2.97. The Hall–Kier alpha value is -0.610. The van der Waals surface area contributed by atoms with Crippen LogP contribution >= 0.6 is 0 Å². The molecule has 2 N–H and O–H groups in total. The Bertz CT molecular complexity index is 220. The van der Waals surface area contributed by atoms with Crippen LogP contribution in [0.15, 0.2) is 0 Å². The van der Waals surface area contributed by atoms with Gasteiger partial charge in [0.05, 0.1) is 0 Å². The highest BCUT2D eigenvalue weighted by atomic mass is 16.2. The molecule has 0 aromatic rings. The van der Waals surface area contributed by atoms with Crippen LogP contribution in [0.2, 0.25) is 0 Å². The molecule has 1 saturated heterocycles. The van der Waals surface area contributed by atoms with Gasteiger partial charge in [-0.05, 0) is 18.9 Å². The summed E-state index contributed by atoms with van der Waals surface area (Å²) in [6.07, 6.45) is 1.07. The van der Waals surface area contributed by atoms with Crippen molar-refractivity contribution in [1.29, 1.82) is 0 Å². The lowest BCUT2D eigenvalue weighted by molar-refractivity contribution is -0.133. The van der Waals surface area contributed by atoms with E-state index in [1.165, 1.54) is 0 Å². The Kier molecular flexibility index (Phi) is 4.54. The molecule has 1 aliphatic rings. The van der Waals surface area contributed by atoms with E-state index in [-0.39, 0.29) is 11.9 Å². The van der Waals surface area contributed by atoms with Crippen molar-refractivity contribution in [1.82, 2.24) is 9.80 Å². The Labute approximate surface area is 92.4 Å². The molecule has 1 rings (SSSR count). The molecule has 2 atom stereocenters. The number of carbonyl (C=O) groups excluding carboxylic acids is 1. The highest BCUT2D eigenvalue weighted by Gasteiger charge is 2.31. The minimum absolute atomic E-state index is 0.111. The van der Waals surface area contributed by atoms with Crippen LogP contribution < -0.4 is 5.73 Å². The highest BCUT2D eigenvalue weighted by Crippen LogP contribution is 2.14. The van der Waals surface area contributed by atoms with Gasteiger partial charge in [-0.3, -0.25) is 9.69 Å². The summed E-state index contributed by atoms with van der Waals surface area (Å²) in [5.74, 6) is 0.706.